The minimum atomic E-state index is 0.988. The molecule has 0 saturated carbocycles. The Morgan fingerprint density at radius 1 is 0.786 bits per heavy atom. The molecule has 28 heavy (non-hydrogen) atoms. The third-order valence-corrected chi connectivity index (χ3v) is 5.52. The van der Waals surface area contributed by atoms with Gasteiger partial charge in [0.1, 0.15) is 6.54 Å². The van der Waals surface area contributed by atoms with Crippen LogP contribution >= 0.6 is 0 Å². The van der Waals surface area contributed by atoms with Crippen LogP contribution < -0.4 is 4.57 Å². The molecule has 0 spiro atoms. The molecule has 0 aliphatic carbocycles. The summed E-state index contributed by atoms with van der Waals surface area (Å²) >= 11 is 0. The van der Waals surface area contributed by atoms with E-state index in [-0.39, 0.29) is 0 Å². The molecular formula is C26H29N2+. The number of hydrogen-bond donors (Lipinski definition) is 0. The van der Waals surface area contributed by atoms with Gasteiger partial charge in [-0.05, 0) is 42.7 Å². The SMILES string of the molecule is CCCCC[n+]1ccc(/C=C/c2ccc3c(c2)c2ccccc2n3CC)cc1. The molecule has 2 heterocycles. The van der Waals surface area contributed by atoms with Crippen molar-refractivity contribution < 1.29 is 4.57 Å². The van der Waals surface area contributed by atoms with Gasteiger partial charge >= 0.3 is 0 Å². The lowest BCUT2D eigenvalue weighted by Gasteiger charge is -2.02. The Morgan fingerprint density at radius 3 is 2.32 bits per heavy atom. The molecule has 0 aliphatic rings. The number of nitrogens with zero attached hydrogens (tertiary/aromatic N) is 2. The molecule has 142 valence electrons. The number of fused-ring (bicyclic) bond motifs is 3. The van der Waals surface area contributed by atoms with E-state index in [1.807, 2.05) is 0 Å². The Kier molecular flexibility index (Phi) is 5.57. The molecule has 0 bridgehead atoms. The van der Waals surface area contributed by atoms with Crippen LogP contribution in [0.4, 0.5) is 0 Å². The molecular weight excluding hydrogens is 340 g/mol. The molecule has 2 aromatic carbocycles. The normalized spacial score (nSPS) is 11.8. The molecule has 0 atom stereocenters. The standard InChI is InChI=1S/C26H29N2/c1-3-5-8-17-27-18-15-21(16-19-27)11-12-22-13-14-26-24(20-22)23-9-6-7-10-25(23)28(26)4-2/h6-7,9-16,18-20H,3-5,8,17H2,1-2H3/q+1. The van der Waals surface area contributed by atoms with Crippen LogP contribution in [0.5, 0.6) is 0 Å². The first-order valence-corrected chi connectivity index (χ1v) is 10.5. The molecule has 0 fully saturated rings. The first-order chi connectivity index (χ1) is 13.8. The van der Waals surface area contributed by atoms with Crippen LogP contribution in [0.25, 0.3) is 34.0 Å². The Bertz CT molecular complexity index is 1100. The van der Waals surface area contributed by atoms with Gasteiger partial charge in [0.15, 0.2) is 12.4 Å². The average molecular weight is 370 g/mol. The van der Waals surface area contributed by atoms with E-state index in [0.717, 1.165) is 13.1 Å². The number of rotatable bonds is 7. The summed E-state index contributed by atoms with van der Waals surface area (Å²) in [4.78, 5) is 0. The van der Waals surface area contributed by atoms with Gasteiger partial charge in [0, 0.05) is 46.9 Å². The van der Waals surface area contributed by atoms with E-state index in [2.05, 4.69) is 102 Å². The van der Waals surface area contributed by atoms with Crippen molar-refractivity contribution in [2.75, 3.05) is 0 Å². The Morgan fingerprint density at radius 2 is 1.54 bits per heavy atom. The highest BCUT2D eigenvalue weighted by Crippen LogP contribution is 2.30. The van der Waals surface area contributed by atoms with Gasteiger partial charge in [-0.25, -0.2) is 4.57 Å². The number of unbranched alkanes of at least 4 members (excludes halogenated alkanes) is 2. The quantitative estimate of drug-likeness (QED) is 0.261. The first kappa shape index (κ1) is 18.5. The van der Waals surface area contributed by atoms with Gasteiger partial charge in [-0.3, -0.25) is 0 Å². The van der Waals surface area contributed by atoms with E-state index >= 15 is 0 Å². The van der Waals surface area contributed by atoms with E-state index in [4.69, 9.17) is 0 Å². The largest absolute Gasteiger partial charge is 0.341 e. The maximum absolute atomic E-state index is 2.40. The topological polar surface area (TPSA) is 8.81 Å². The summed E-state index contributed by atoms with van der Waals surface area (Å²) < 4.78 is 4.67. The monoisotopic (exact) mass is 369 g/mol. The van der Waals surface area contributed by atoms with Crippen LogP contribution in [0.3, 0.4) is 0 Å². The van der Waals surface area contributed by atoms with Gasteiger partial charge < -0.3 is 4.57 Å². The third kappa shape index (κ3) is 3.73. The summed E-state index contributed by atoms with van der Waals surface area (Å²) in [5.41, 5.74) is 5.11. The van der Waals surface area contributed by atoms with Gasteiger partial charge in [0.2, 0.25) is 0 Å². The second-order valence-electron chi connectivity index (χ2n) is 7.45. The van der Waals surface area contributed by atoms with Crippen LogP contribution in [0.2, 0.25) is 0 Å². The second kappa shape index (κ2) is 8.43. The fraction of sp³-hybridized carbons (Fsp3) is 0.269. The van der Waals surface area contributed by atoms with Crippen molar-refractivity contribution in [1.29, 1.82) is 0 Å². The van der Waals surface area contributed by atoms with Crippen molar-refractivity contribution in [3.8, 4) is 0 Å². The zero-order valence-corrected chi connectivity index (χ0v) is 16.9. The van der Waals surface area contributed by atoms with Crippen molar-refractivity contribution in [1.82, 2.24) is 4.57 Å². The fourth-order valence-electron chi connectivity index (χ4n) is 3.98. The second-order valence-corrected chi connectivity index (χ2v) is 7.45. The number of para-hydroxylation sites is 1. The molecule has 0 amide bonds. The lowest BCUT2D eigenvalue weighted by atomic mass is 10.1. The van der Waals surface area contributed by atoms with Gasteiger partial charge in [-0.2, -0.15) is 0 Å². The smallest absolute Gasteiger partial charge is 0.169 e. The number of benzene rings is 2. The van der Waals surface area contributed by atoms with E-state index in [1.54, 1.807) is 0 Å². The molecule has 4 rings (SSSR count). The molecule has 0 aliphatic heterocycles. The van der Waals surface area contributed by atoms with Gasteiger partial charge in [-0.15, -0.1) is 0 Å². The van der Waals surface area contributed by atoms with Crippen LogP contribution in [-0.4, -0.2) is 4.57 Å². The zero-order chi connectivity index (χ0) is 19.3. The van der Waals surface area contributed by atoms with E-state index in [9.17, 15) is 0 Å². The molecule has 2 aromatic heterocycles. The van der Waals surface area contributed by atoms with Crippen molar-refractivity contribution in [3.05, 3.63) is 78.1 Å². The summed E-state index contributed by atoms with van der Waals surface area (Å²) in [6.07, 6.45) is 12.6. The Balaban J connectivity index is 1.59. The molecule has 0 N–H and O–H groups in total. The highest BCUT2D eigenvalue weighted by molar-refractivity contribution is 6.08. The zero-order valence-electron chi connectivity index (χ0n) is 16.9. The van der Waals surface area contributed by atoms with Gasteiger partial charge in [-0.1, -0.05) is 49.8 Å². The van der Waals surface area contributed by atoms with Crippen LogP contribution in [-0.2, 0) is 13.1 Å². The maximum atomic E-state index is 2.40. The number of aromatic nitrogens is 2. The lowest BCUT2D eigenvalue weighted by Crippen LogP contribution is -2.32. The van der Waals surface area contributed by atoms with Crippen molar-refractivity contribution in [3.63, 3.8) is 0 Å². The molecule has 0 unspecified atom stereocenters. The Labute approximate surface area is 167 Å². The number of hydrogen-bond acceptors (Lipinski definition) is 0. The lowest BCUT2D eigenvalue weighted by molar-refractivity contribution is -0.697. The first-order valence-electron chi connectivity index (χ1n) is 10.5. The molecule has 2 nitrogen and oxygen atoms in total. The minimum Gasteiger partial charge on any atom is -0.341 e. The van der Waals surface area contributed by atoms with Crippen molar-refractivity contribution in [2.24, 2.45) is 0 Å². The molecule has 4 aromatic rings. The predicted molar refractivity (Wildman–Crippen MR) is 120 cm³/mol. The predicted octanol–water partition coefficient (Wildman–Crippen LogP) is 6.46. The summed E-state index contributed by atoms with van der Waals surface area (Å²) in [5.74, 6) is 0. The van der Waals surface area contributed by atoms with E-state index in [0.29, 0.717) is 0 Å². The molecule has 0 radical (unpaired) electrons. The van der Waals surface area contributed by atoms with Crippen molar-refractivity contribution >= 4 is 34.0 Å². The maximum Gasteiger partial charge on any atom is 0.169 e. The molecule has 0 saturated heterocycles. The fourth-order valence-corrected chi connectivity index (χ4v) is 3.98. The average Bonchev–Trinajstić information content (AvgIpc) is 3.06. The van der Waals surface area contributed by atoms with Gasteiger partial charge in [0.25, 0.3) is 0 Å². The summed E-state index contributed by atoms with van der Waals surface area (Å²) in [7, 11) is 0. The van der Waals surface area contributed by atoms with Gasteiger partial charge in [0.05, 0.1) is 0 Å². The van der Waals surface area contributed by atoms with Crippen LogP contribution in [0.15, 0.2) is 67.0 Å². The van der Waals surface area contributed by atoms with Crippen LogP contribution in [0.1, 0.15) is 44.2 Å². The summed E-state index contributed by atoms with van der Waals surface area (Å²) in [5, 5.41) is 2.67. The number of aryl methyl sites for hydroxylation is 2. The highest BCUT2D eigenvalue weighted by Gasteiger charge is 2.08. The van der Waals surface area contributed by atoms with Crippen molar-refractivity contribution in [2.45, 2.75) is 46.2 Å². The Hall–Kier alpha value is -2.87. The summed E-state index contributed by atoms with van der Waals surface area (Å²) in [6, 6.07) is 19.9. The third-order valence-electron chi connectivity index (χ3n) is 5.52. The van der Waals surface area contributed by atoms with E-state index in [1.165, 1.54) is 52.2 Å². The summed E-state index contributed by atoms with van der Waals surface area (Å²) in [6.45, 7) is 6.55. The minimum absolute atomic E-state index is 0.988. The van der Waals surface area contributed by atoms with E-state index < -0.39 is 0 Å². The van der Waals surface area contributed by atoms with Crippen LogP contribution in [0, 0.1) is 0 Å². The number of pyridine rings is 1. The highest BCUT2D eigenvalue weighted by atomic mass is 15.0. The molecule has 2 heteroatoms.